The van der Waals surface area contributed by atoms with E-state index in [1.54, 1.807) is 0 Å². The van der Waals surface area contributed by atoms with Crippen LogP contribution in [0, 0.1) is 0 Å². The van der Waals surface area contributed by atoms with Gasteiger partial charge in [-0.05, 0) is 38.0 Å². The first-order chi connectivity index (χ1) is 8.29. The van der Waals surface area contributed by atoms with Crippen LogP contribution in [0.3, 0.4) is 0 Å². The van der Waals surface area contributed by atoms with E-state index >= 15 is 0 Å². The van der Waals surface area contributed by atoms with Crippen molar-refractivity contribution in [2.45, 2.75) is 45.2 Å². The average molecular weight is 335 g/mol. The minimum Gasteiger partial charge on any atom is -0.494 e. The Hall–Kier alpha value is -0.250. The molecule has 1 saturated carbocycles. The van der Waals surface area contributed by atoms with Crippen molar-refractivity contribution in [2.24, 2.45) is 0 Å². The molecule has 0 aliphatic heterocycles. The molecule has 1 fully saturated rings. The average Bonchev–Trinajstić information content (AvgIpc) is 2.82. The maximum absolute atomic E-state index is 5.65. The van der Waals surface area contributed by atoms with Gasteiger partial charge in [-0.1, -0.05) is 28.8 Å². The van der Waals surface area contributed by atoms with E-state index < -0.39 is 0 Å². The highest BCUT2D eigenvalue weighted by atomic mass is 79.9. The molecule has 1 aromatic carbocycles. The zero-order valence-corrected chi connectivity index (χ0v) is 13.1. The van der Waals surface area contributed by atoms with Crippen LogP contribution in [-0.4, -0.2) is 12.6 Å². The van der Waals surface area contributed by atoms with Crippen LogP contribution in [0.15, 0.2) is 22.7 Å². The van der Waals surface area contributed by atoms with Crippen molar-refractivity contribution in [3.8, 4) is 5.75 Å². The number of halogens is 2. The summed E-state index contributed by atoms with van der Waals surface area (Å²) in [6.07, 6.45) is 5.37. The van der Waals surface area contributed by atoms with Crippen LogP contribution in [0.25, 0.3) is 0 Å². The number of hydrogen-bond donors (Lipinski definition) is 1. The summed E-state index contributed by atoms with van der Waals surface area (Å²) >= 11 is 3.52. The van der Waals surface area contributed by atoms with Crippen molar-refractivity contribution in [1.29, 1.82) is 0 Å². The van der Waals surface area contributed by atoms with Gasteiger partial charge in [0.05, 0.1) is 6.61 Å². The Morgan fingerprint density at radius 2 is 2.06 bits per heavy atom. The van der Waals surface area contributed by atoms with Crippen LogP contribution in [0.4, 0.5) is 0 Å². The van der Waals surface area contributed by atoms with Crippen molar-refractivity contribution < 1.29 is 4.74 Å². The molecule has 1 aliphatic rings. The molecule has 0 bridgehead atoms. The SMILES string of the molecule is CCOc1ccc(Br)cc1CNC1CCCC1.Cl. The lowest BCUT2D eigenvalue weighted by atomic mass is 10.1. The molecule has 0 aromatic heterocycles. The van der Waals surface area contributed by atoms with E-state index in [1.165, 1.54) is 31.2 Å². The van der Waals surface area contributed by atoms with E-state index in [2.05, 4.69) is 27.3 Å². The fourth-order valence-corrected chi connectivity index (χ4v) is 2.78. The number of nitrogens with one attached hydrogen (secondary N) is 1. The van der Waals surface area contributed by atoms with Crippen molar-refractivity contribution >= 4 is 28.3 Å². The Labute approximate surface area is 124 Å². The molecule has 4 heteroatoms. The standard InChI is InChI=1S/C14H20BrNO.ClH/c1-2-17-14-8-7-12(15)9-11(14)10-16-13-5-3-4-6-13;/h7-9,13,16H,2-6,10H2,1H3;1H. The first kappa shape index (κ1) is 15.8. The Bertz CT molecular complexity index is 367. The van der Waals surface area contributed by atoms with Gasteiger partial charge in [0, 0.05) is 22.6 Å². The topological polar surface area (TPSA) is 21.3 Å². The van der Waals surface area contributed by atoms with Crippen LogP contribution in [0.2, 0.25) is 0 Å². The summed E-state index contributed by atoms with van der Waals surface area (Å²) < 4.78 is 6.76. The molecular formula is C14H21BrClNO. The van der Waals surface area contributed by atoms with Gasteiger partial charge in [-0.2, -0.15) is 0 Å². The van der Waals surface area contributed by atoms with Gasteiger partial charge in [0.15, 0.2) is 0 Å². The molecule has 0 radical (unpaired) electrons. The highest BCUT2D eigenvalue weighted by molar-refractivity contribution is 9.10. The van der Waals surface area contributed by atoms with E-state index in [0.29, 0.717) is 6.04 Å². The maximum Gasteiger partial charge on any atom is 0.123 e. The molecule has 0 spiro atoms. The third-order valence-corrected chi connectivity index (χ3v) is 3.75. The van der Waals surface area contributed by atoms with Crippen LogP contribution in [-0.2, 0) is 6.54 Å². The van der Waals surface area contributed by atoms with Crippen molar-refractivity contribution in [1.82, 2.24) is 5.32 Å². The van der Waals surface area contributed by atoms with Gasteiger partial charge in [0.2, 0.25) is 0 Å². The summed E-state index contributed by atoms with van der Waals surface area (Å²) in [5, 5.41) is 3.62. The molecule has 2 nitrogen and oxygen atoms in total. The molecule has 1 aliphatic carbocycles. The lowest BCUT2D eigenvalue weighted by Crippen LogP contribution is -2.25. The summed E-state index contributed by atoms with van der Waals surface area (Å²) in [5.74, 6) is 1.00. The largest absolute Gasteiger partial charge is 0.494 e. The van der Waals surface area contributed by atoms with Crippen molar-refractivity contribution in [3.63, 3.8) is 0 Å². The lowest BCUT2D eigenvalue weighted by Gasteiger charge is -2.15. The van der Waals surface area contributed by atoms with E-state index in [4.69, 9.17) is 4.74 Å². The van der Waals surface area contributed by atoms with Crippen LogP contribution in [0.1, 0.15) is 38.2 Å². The first-order valence-electron chi connectivity index (χ1n) is 6.44. The molecule has 18 heavy (non-hydrogen) atoms. The predicted molar refractivity (Wildman–Crippen MR) is 81.7 cm³/mol. The van der Waals surface area contributed by atoms with Gasteiger partial charge < -0.3 is 10.1 Å². The zero-order valence-electron chi connectivity index (χ0n) is 10.7. The molecule has 0 atom stereocenters. The zero-order chi connectivity index (χ0) is 12.1. The number of ether oxygens (including phenoxy) is 1. The van der Waals surface area contributed by atoms with Crippen molar-refractivity contribution in [3.05, 3.63) is 28.2 Å². The molecule has 0 saturated heterocycles. The summed E-state index contributed by atoms with van der Waals surface area (Å²) in [6, 6.07) is 6.92. The van der Waals surface area contributed by atoms with Crippen LogP contribution >= 0.6 is 28.3 Å². The normalized spacial score (nSPS) is 15.4. The van der Waals surface area contributed by atoms with Gasteiger partial charge in [-0.3, -0.25) is 0 Å². The van der Waals surface area contributed by atoms with Crippen LogP contribution < -0.4 is 10.1 Å². The first-order valence-corrected chi connectivity index (χ1v) is 7.23. The molecular weight excluding hydrogens is 314 g/mol. The minimum atomic E-state index is 0. The fraction of sp³-hybridized carbons (Fsp3) is 0.571. The fourth-order valence-electron chi connectivity index (χ4n) is 2.37. The van der Waals surface area contributed by atoms with Gasteiger partial charge in [0.25, 0.3) is 0 Å². The third-order valence-electron chi connectivity index (χ3n) is 3.26. The van der Waals surface area contributed by atoms with Crippen LogP contribution in [0.5, 0.6) is 5.75 Å². The second-order valence-electron chi connectivity index (χ2n) is 4.55. The summed E-state index contributed by atoms with van der Waals surface area (Å²) in [6.45, 7) is 3.65. The molecule has 0 heterocycles. The summed E-state index contributed by atoms with van der Waals surface area (Å²) in [5.41, 5.74) is 1.24. The Morgan fingerprint density at radius 1 is 1.33 bits per heavy atom. The molecule has 102 valence electrons. The van der Waals surface area contributed by atoms with Crippen molar-refractivity contribution in [2.75, 3.05) is 6.61 Å². The smallest absolute Gasteiger partial charge is 0.123 e. The van der Waals surface area contributed by atoms with E-state index in [1.807, 2.05) is 19.1 Å². The van der Waals surface area contributed by atoms with Gasteiger partial charge >= 0.3 is 0 Å². The number of benzene rings is 1. The molecule has 1 N–H and O–H groups in total. The summed E-state index contributed by atoms with van der Waals surface area (Å²) in [7, 11) is 0. The third kappa shape index (κ3) is 4.45. The maximum atomic E-state index is 5.65. The predicted octanol–water partition coefficient (Wildman–Crippen LogP) is 4.30. The molecule has 2 rings (SSSR count). The van der Waals surface area contributed by atoms with E-state index in [9.17, 15) is 0 Å². The Kier molecular flexibility index (Phi) is 7.05. The molecule has 0 unspecified atom stereocenters. The van der Waals surface area contributed by atoms with Gasteiger partial charge in [-0.25, -0.2) is 0 Å². The molecule has 1 aromatic rings. The second-order valence-corrected chi connectivity index (χ2v) is 5.46. The minimum absolute atomic E-state index is 0. The second kappa shape index (κ2) is 8.03. The molecule has 0 amide bonds. The number of rotatable bonds is 5. The Balaban J connectivity index is 0.00000162. The Morgan fingerprint density at radius 3 is 2.72 bits per heavy atom. The van der Waals surface area contributed by atoms with E-state index in [0.717, 1.165) is 23.4 Å². The quantitative estimate of drug-likeness (QED) is 0.866. The van der Waals surface area contributed by atoms with Gasteiger partial charge in [-0.15, -0.1) is 12.4 Å². The highest BCUT2D eigenvalue weighted by Gasteiger charge is 2.14. The van der Waals surface area contributed by atoms with Gasteiger partial charge in [0.1, 0.15) is 5.75 Å². The lowest BCUT2D eigenvalue weighted by molar-refractivity contribution is 0.334. The monoisotopic (exact) mass is 333 g/mol. The van der Waals surface area contributed by atoms with E-state index in [-0.39, 0.29) is 12.4 Å². The highest BCUT2D eigenvalue weighted by Crippen LogP contribution is 2.24. The number of hydrogen-bond acceptors (Lipinski definition) is 2. The summed E-state index contributed by atoms with van der Waals surface area (Å²) in [4.78, 5) is 0.